The molecule has 1 saturated carbocycles. The molecule has 1 aromatic carbocycles. The monoisotopic (exact) mass is 393 g/mol. The number of hydrogen-bond donors (Lipinski definition) is 0. The van der Waals surface area contributed by atoms with Crippen molar-refractivity contribution < 1.29 is 0 Å². The zero-order chi connectivity index (χ0) is 18.4. The Morgan fingerprint density at radius 1 is 1.07 bits per heavy atom. The Morgan fingerprint density at radius 3 is 2.67 bits per heavy atom. The molecule has 5 nitrogen and oxygen atoms in total. The molecule has 7 heteroatoms. The fourth-order valence-corrected chi connectivity index (χ4v) is 4.82. The van der Waals surface area contributed by atoms with E-state index in [0.717, 1.165) is 37.6 Å². The van der Waals surface area contributed by atoms with E-state index in [9.17, 15) is 0 Å². The van der Waals surface area contributed by atoms with Gasteiger partial charge in [0.25, 0.3) is 0 Å². The molecule has 0 amide bonds. The first-order chi connectivity index (χ1) is 13.2. The third-order valence-electron chi connectivity index (χ3n) is 4.62. The van der Waals surface area contributed by atoms with E-state index < -0.39 is 0 Å². The van der Waals surface area contributed by atoms with Crippen molar-refractivity contribution in [3.05, 3.63) is 47.6 Å². The van der Waals surface area contributed by atoms with Gasteiger partial charge in [-0.25, -0.2) is 9.97 Å². The molecule has 0 N–H and O–H groups in total. The lowest BCUT2D eigenvalue weighted by Crippen LogP contribution is -2.05. The Kier molecular flexibility index (Phi) is 4.21. The molecule has 0 radical (unpaired) electrons. The fourth-order valence-electron chi connectivity index (χ4n) is 3.16. The summed E-state index contributed by atoms with van der Waals surface area (Å²) in [5.41, 5.74) is 0.958. The van der Waals surface area contributed by atoms with Crippen LogP contribution in [0.1, 0.15) is 44.5 Å². The largest absolute Gasteiger partial charge is 0.302 e. The minimum absolute atomic E-state index is 0.358. The highest BCUT2D eigenvalue weighted by atomic mass is 32.2. The molecule has 0 bridgehead atoms. The van der Waals surface area contributed by atoms with Gasteiger partial charge in [-0.2, -0.15) is 0 Å². The van der Waals surface area contributed by atoms with Crippen LogP contribution in [0.2, 0.25) is 0 Å². The summed E-state index contributed by atoms with van der Waals surface area (Å²) in [7, 11) is 0. The Labute approximate surface area is 165 Å². The summed E-state index contributed by atoms with van der Waals surface area (Å²) in [4.78, 5) is 10.7. The first-order valence-electron chi connectivity index (χ1n) is 9.14. The minimum atomic E-state index is 0.358. The molecule has 27 heavy (non-hydrogen) atoms. The van der Waals surface area contributed by atoms with Gasteiger partial charge >= 0.3 is 0 Å². The molecule has 1 aliphatic carbocycles. The minimum Gasteiger partial charge on any atom is -0.302 e. The molecule has 0 unspecified atom stereocenters. The predicted molar refractivity (Wildman–Crippen MR) is 109 cm³/mol. The zero-order valence-corrected chi connectivity index (χ0v) is 16.8. The van der Waals surface area contributed by atoms with Crippen LogP contribution in [0.3, 0.4) is 0 Å². The maximum Gasteiger partial charge on any atom is 0.197 e. The number of rotatable bonds is 5. The van der Waals surface area contributed by atoms with Crippen LogP contribution in [0.4, 0.5) is 0 Å². The van der Waals surface area contributed by atoms with Crippen LogP contribution in [-0.2, 0) is 0 Å². The average molecular weight is 394 g/mol. The van der Waals surface area contributed by atoms with E-state index >= 15 is 0 Å². The molecule has 4 aromatic rings. The number of thiophene rings is 1. The van der Waals surface area contributed by atoms with Crippen molar-refractivity contribution in [2.45, 2.75) is 48.8 Å². The van der Waals surface area contributed by atoms with Crippen molar-refractivity contribution in [3.8, 4) is 10.7 Å². The average Bonchev–Trinajstić information content (AvgIpc) is 3.19. The van der Waals surface area contributed by atoms with E-state index in [1.54, 1.807) is 23.1 Å². The van der Waals surface area contributed by atoms with Crippen molar-refractivity contribution in [1.29, 1.82) is 0 Å². The maximum absolute atomic E-state index is 4.89. The van der Waals surface area contributed by atoms with Crippen LogP contribution in [0, 0.1) is 0 Å². The zero-order valence-electron chi connectivity index (χ0n) is 15.2. The van der Waals surface area contributed by atoms with Crippen LogP contribution in [0.15, 0.2) is 52.0 Å². The smallest absolute Gasteiger partial charge is 0.197 e. The number of fused-ring (bicyclic) bond motifs is 1. The van der Waals surface area contributed by atoms with Crippen molar-refractivity contribution in [2.24, 2.45) is 0 Å². The second-order valence-corrected chi connectivity index (χ2v) is 8.95. The molecule has 0 aliphatic heterocycles. The summed E-state index contributed by atoms with van der Waals surface area (Å²) in [6, 6.07) is 12.8. The van der Waals surface area contributed by atoms with E-state index in [4.69, 9.17) is 9.97 Å². The number of benzene rings is 1. The van der Waals surface area contributed by atoms with Crippen LogP contribution < -0.4 is 0 Å². The lowest BCUT2D eigenvalue weighted by Gasteiger charge is -2.11. The summed E-state index contributed by atoms with van der Waals surface area (Å²) in [5.74, 6) is 2.20. The van der Waals surface area contributed by atoms with Gasteiger partial charge in [-0.1, -0.05) is 38.1 Å². The number of aromatic nitrogens is 5. The lowest BCUT2D eigenvalue weighted by atomic mass is 10.2. The summed E-state index contributed by atoms with van der Waals surface area (Å²) >= 11 is 3.26. The highest BCUT2D eigenvalue weighted by Crippen LogP contribution is 2.42. The van der Waals surface area contributed by atoms with E-state index in [1.807, 2.05) is 24.3 Å². The quantitative estimate of drug-likeness (QED) is 0.416. The molecule has 0 saturated heterocycles. The maximum atomic E-state index is 4.89. The Bertz CT molecular complexity index is 1100. The third-order valence-corrected chi connectivity index (χ3v) is 6.45. The second kappa shape index (κ2) is 6.73. The van der Waals surface area contributed by atoms with Crippen molar-refractivity contribution in [3.63, 3.8) is 0 Å². The SMILES string of the molecule is CC(C)c1nnc(Sc2nc(-c3cccs3)nc3ccccc23)n1C1CC1. The van der Waals surface area contributed by atoms with Crippen molar-refractivity contribution >= 4 is 34.0 Å². The van der Waals surface area contributed by atoms with Gasteiger partial charge in [-0.3, -0.25) is 0 Å². The van der Waals surface area contributed by atoms with Gasteiger partial charge in [-0.05, 0) is 42.1 Å². The molecule has 5 rings (SSSR count). The number of hydrogen-bond acceptors (Lipinski definition) is 6. The summed E-state index contributed by atoms with van der Waals surface area (Å²) in [6.45, 7) is 4.35. The van der Waals surface area contributed by atoms with Crippen LogP contribution in [0.25, 0.3) is 21.6 Å². The van der Waals surface area contributed by atoms with Crippen LogP contribution in [0.5, 0.6) is 0 Å². The van der Waals surface area contributed by atoms with E-state index in [0.29, 0.717) is 12.0 Å². The van der Waals surface area contributed by atoms with Crippen molar-refractivity contribution in [2.75, 3.05) is 0 Å². The normalized spacial score (nSPS) is 14.3. The van der Waals surface area contributed by atoms with Gasteiger partial charge in [0.1, 0.15) is 10.9 Å². The van der Waals surface area contributed by atoms with Gasteiger partial charge in [0.05, 0.1) is 10.4 Å². The topological polar surface area (TPSA) is 56.5 Å². The number of para-hydroxylation sites is 1. The highest BCUT2D eigenvalue weighted by molar-refractivity contribution is 7.99. The van der Waals surface area contributed by atoms with E-state index in [-0.39, 0.29) is 0 Å². The predicted octanol–water partition coefficient (Wildman–Crippen LogP) is 5.56. The number of nitrogens with zero attached hydrogens (tertiary/aromatic N) is 5. The molecule has 0 spiro atoms. The van der Waals surface area contributed by atoms with Gasteiger partial charge in [0.15, 0.2) is 11.0 Å². The highest BCUT2D eigenvalue weighted by Gasteiger charge is 2.31. The molecular weight excluding hydrogens is 374 g/mol. The van der Waals surface area contributed by atoms with Crippen LogP contribution in [-0.4, -0.2) is 24.7 Å². The van der Waals surface area contributed by atoms with E-state index in [1.165, 1.54) is 12.8 Å². The lowest BCUT2D eigenvalue weighted by molar-refractivity contribution is 0.599. The van der Waals surface area contributed by atoms with E-state index in [2.05, 4.69) is 46.1 Å². The Hall–Kier alpha value is -2.25. The first-order valence-corrected chi connectivity index (χ1v) is 10.8. The molecule has 1 aliphatic rings. The van der Waals surface area contributed by atoms with Crippen molar-refractivity contribution in [1.82, 2.24) is 24.7 Å². The summed E-state index contributed by atoms with van der Waals surface area (Å²) < 4.78 is 2.32. The van der Waals surface area contributed by atoms with Crippen LogP contribution >= 0.6 is 23.1 Å². The summed E-state index contributed by atoms with van der Waals surface area (Å²) in [6.07, 6.45) is 2.41. The van der Waals surface area contributed by atoms with Gasteiger partial charge < -0.3 is 4.57 Å². The molecule has 136 valence electrons. The van der Waals surface area contributed by atoms with Gasteiger partial charge in [0, 0.05) is 17.3 Å². The molecule has 0 atom stereocenters. The molecular formula is C20H19N5S2. The standard InChI is InChI=1S/C20H19N5S2/c1-12(2)18-23-24-20(25(18)13-9-10-13)27-19-14-6-3-4-7-15(14)21-17(22-19)16-8-5-11-26-16/h3-8,11-13H,9-10H2,1-2H3. The Balaban J connectivity index is 1.63. The second-order valence-electron chi connectivity index (χ2n) is 7.05. The Morgan fingerprint density at radius 2 is 1.93 bits per heavy atom. The molecule has 3 aromatic heterocycles. The fraction of sp³-hybridized carbons (Fsp3) is 0.300. The van der Waals surface area contributed by atoms with Gasteiger partial charge in [0.2, 0.25) is 0 Å². The first kappa shape index (κ1) is 16.9. The van der Waals surface area contributed by atoms with Gasteiger partial charge in [-0.15, -0.1) is 21.5 Å². The molecule has 1 fully saturated rings. The third kappa shape index (κ3) is 3.15. The summed E-state index contributed by atoms with van der Waals surface area (Å²) in [5, 5.41) is 14.0. The molecule has 3 heterocycles.